The van der Waals surface area contributed by atoms with Crippen molar-refractivity contribution in [1.29, 1.82) is 0 Å². The smallest absolute Gasteiger partial charge is 0.335 e. The molecule has 196 valence electrons. The molecule has 1 saturated heterocycles. The number of hydrogen-bond donors (Lipinski definition) is 1. The molecule has 2 fully saturated rings. The Morgan fingerprint density at radius 1 is 0.973 bits per heavy atom. The first kappa shape index (κ1) is 24.5. The number of hydrogen-bond acceptors (Lipinski definition) is 4. The van der Waals surface area contributed by atoms with Crippen LogP contribution in [0.3, 0.4) is 0 Å². The van der Waals surface area contributed by atoms with Crippen LogP contribution in [0.4, 0.5) is 5.69 Å². The highest BCUT2D eigenvalue weighted by atomic mass is 16.5. The van der Waals surface area contributed by atoms with Gasteiger partial charge in [0.1, 0.15) is 0 Å². The number of aromatic carboxylic acids is 1. The SMILES string of the molecule is COC[C@H]1CCCN1CCN1CCn2c(c(C3CCCCC3)c3ccc(C(=O)O)cc32)-c2ccccc21. The zero-order valence-electron chi connectivity index (χ0n) is 22.0. The Hall–Kier alpha value is -2.83. The molecular formula is C31H39N3O3. The maximum atomic E-state index is 11.9. The largest absolute Gasteiger partial charge is 0.478 e. The Morgan fingerprint density at radius 2 is 1.81 bits per heavy atom. The topological polar surface area (TPSA) is 57.9 Å². The van der Waals surface area contributed by atoms with E-state index in [9.17, 15) is 9.90 Å². The Morgan fingerprint density at radius 3 is 2.62 bits per heavy atom. The summed E-state index contributed by atoms with van der Waals surface area (Å²) in [7, 11) is 1.81. The average Bonchev–Trinajstić information content (AvgIpc) is 3.46. The summed E-state index contributed by atoms with van der Waals surface area (Å²) in [5.41, 5.74) is 6.81. The van der Waals surface area contributed by atoms with E-state index in [1.807, 2.05) is 6.07 Å². The third-order valence-corrected chi connectivity index (χ3v) is 8.97. The highest BCUT2D eigenvalue weighted by Crippen LogP contribution is 2.47. The van der Waals surface area contributed by atoms with Gasteiger partial charge in [0.2, 0.25) is 0 Å². The van der Waals surface area contributed by atoms with Crippen LogP contribution in [0.2, 0.25) is 0 Å². The monoisotopic (exact) mass is 501 g/mol. The number of nitrogens with zero attached hydrogens (tertiary/aromatic N) is 3. The highest BCUT2D eigenvalue weighted by Gasteiger charge is 2.31. The molecule has 1 N–H and O–H groups in total. The van der Waals surface area contributed by atoms with Gasteiger partial charge in [-0.05, 0) is 61.9 Å². The van der Waals surface area contributed by atoms with Crippen molar-refractivity contribution in [2.24, 2.45) is 0 Å². The van der Waals surface area contributed by atoms with E-state index in [0.29, 0.717) is 17.5 Å². The van der Waals surface area contributed by atoms with Crippen molar-refractivity contribution in [2.45, 2.75) is 63.5 Å². The highest BCUT2D eigenvalue weighted by molar-refractivity contribution is 5.99. The third-order valence-electron chi connectivity index (χ3n) is 8.97. The number of carboxylic acid groups (broad SMARTS) is 1. The van der Waals surface area contributed by atoms with Crippen molar-refractivity contribution in [3.63, 3.8) is 0 Å². The number of carbonyl (C=O) groups is 1. The fraction of sp³-hybridized carbons (Fsp3) is 0.516. The van der Waals surface area contributed by atoms with Crippen LogP contribution in [0.1, 0.15) is 66.8 Å². The van der Waals surface area contributed by atoms with Gasteiger partial charge in [-0.15, -0.1) is 0 Å². The number of methoxy groups -OCH3 is 1. The molecular weight excluding hydrogens is 462 g/mol. The van der Waals surface area contributed by atoms with Crippen molar-refractivity contribution in [3.05, 3.63) is 53.6 Å². The number of benzene rings is 2. The molecule has 2 aromatic carbocycles. The molecule has 1 atom stereocenters. The van der Waals surface area contributed by atoms with Gasteiger partial charge in [-0.3, -0.25) is 4.90 Å². The van der Waals surface area contributed by atoms with Crippen LogP contribution in [-0.2, 0) is 11.3 Å². The first-order valence-corrected chi connectivity index (χ1v) is 14.1. The fourth-order valence-corrected chi connectivity index (χ4v) is 7.18. The molecule has 3 aliphatic rings. The molecule has 6 rings (SSSR count). The summed E-state index contributed by atoms with van der Waals surface area (Å²) < 4.78 is 7.93. The van der Waals surface area contributed by atoms with E-state index in [4.69, 9.17) is 4.74 Å². The Bertz CT molecular complexity index is 1280. The summed E-state index contributed by atoms with van der Waals surface area (Å²) in [5.74, 6) is -0.328. The van der Waals surface area contributed by atoms with Gasteiger partial charge in [0.25, 0.3) is 0 Å². The minimum atomic E-state index is -0.858. The average molecular weight is 502 g/mol. The third kappa shape index (κ3) is 4.55. The first-order chi connectivity index (χ1) is 18.2. The lowest BCUT2D eigenvalue weighted by atomic mass is 9.81. The molecule has 0 spiro atoms. The quantitative estimate of drug-likeness (QED) is 0.431. The lowest BCUT2D eigenvalue weighted by Crippen LogP contribution is -2.40. The second kappa shape index (κ2) is 10.5. The van der Waals surface area contributed by atoms with Crippen LogP contribution in [0.25, 0.3) is 22.2 Å². The van der Waals surface area contributed by atoms with Gasteiger partial charge in [-0.2, -0.15) is 0 Å². The maximum absolute atomic E-state index is 11.9. The zero-order chi connectivity index (χ0) is 25.4. The predicted molar refractivity (Wildman–Crippen MR) is 149 cm³/mol. The minimum absolute atomic E-state index is 0.371. The summed E-state index contributed by atoms with van der Waals surface area (Å²) in [4.78, 5) is 17.0. The van der Waals surface area contributed by atoms with Crippen molar-refractivity contribution in [1.82, 2.24) is 9.47 Å². The molecule has 0 radical (unpaired) electrons. The molecule has 6 nitrogen and oxygen atoms in total. The summed E-state index contributed by atoms with van der Waals surface area (Å²) >= 11 is 0. The van der Waals surface area contributed by atoms with Crippen LogP contribution in [0, 0.1) is 0 Å². The van der Waals surface area contributed by atoms with Crippen LogP contribution in [0.5, 0.6) is 0 Å². The molecule has 3 aromatic rings. The summed E-state index contributed by atoms with van der Waals surface area (Å²) in [6, 6.07) is 15.2. The summed E-state index contributed by atoms with van der Waals surface area (Å²) in [6.07, 6.45) is 8.77. The molecule has 1 aromatic heterocycles. The number of anilines is 1. The molecule has 0 amide bonds. The van der Waals surface area contributed by atoms with E-state index < -0.39 is 5.97 Å². The molecule has 1 saturated carbocycles. The number of ether oxygens (including phenoxy) is 1. The number of rotatable bonds is 7. The Balaban J connectivity index is 1.42. The van der Waals surface area contributed by atoms with E-state index >= 15 is 0 Å². The number of carboxylic acids is 1. The van der Waals surface area contributed by atoms with Gasteiger partial charge >= 0.3 is 5.97 Å². The Kier molecular flexibility index (Phi) is 6.96. The van der Waals surface area contributed by atoms with Gasteiger partial charge in [0.15, 0.2) is 0 Å². The van der Waals surface area contributed by atoms with E-state index in [2.05, 4.69) is 44.7 Å². The van der Waals surface area contributed by atoms with Crippen molar-refractivity contribution >= 4 is 22.6 Å². The second-order valence-electron chi connectivity index (χ2n) is 11.1. The fourth-order valence-electron chi connectivity index (χ4n) is 7.18. The van der Waals surface area contributed by atoms with Gasteiger partial charge in [0, 0.05) is 61.5 Å². The molecule has 0 bridgehead atoms. The lowest BCUT2D eigenvalue weighted by molar-refractivity contribution is 0.0697. The molecule has 0 unspecified atom stereocenters. The van der Waals surface area contributed by atoms with Gasteiger partial charge in [-0.25, -0.2) is 4.79 Å². The Labute approximate surface area is 219 Å². The van der Waals surface area contributed by atoms with E-state index in [1.165, 1.54) is 72.8 Å². The summed E-state index contributed by atoms with van der Waals surface area (Å²) in [5, 5.41) is 11.0. The van der Waals surface area contributed by atoms with Crippen LogP contribution in [-0.4, -0.2) is 66.5 Å². The van der Waals surface area contributed by atoms with Crippen molar-refractivity contribution in [2.75, 3.05) is 44.8 Å². The van der Waals surface area contributed by atoms with Crippen LogP contribution in [0.15, 0.2) is 42.5 Å². The van der Waals surface area contributed by atoms with Crippen molar-refractivity contribution in [3.8, 4) is 11.3 Å². The van der Waals surface area contributed by atoms with Crippen molar-refractivity contribution < 1.29 is 14.6 Å². The van der Waals surface area contributed by atoms with E-state index in [0.717, 1.165) is 44.8 Å². The minimum Gasteiger partial charge on any atom is -0.478 e. The zero-order valence-corrected chi connectivity index (χ0v) is 22.0. The molecule has 3 heterocycles. The lowest BCUT2D eigenvalue weighted by Gasteiger charge is -2.30. The van der Waals surface area contributed by atoms with Crippen LogP contribution >= 0.6 is 0 Å². The van der Waals surface area contributed by atoms with Gasteiger partial charge < -0.3 is 19.3 Å². The number of fused-ring (bicyclic) bond motifs is 5. The first-order valence-electron chi connectivity index (χ1n) is 14.1. The molecule has 37 heavy (non-hydrogen) atoms. The second-order valence-corrected chi connectivity index (χ2v) is 11.1. The molecule has 1 aliphatic carbocycles. The number of para-hydroxylation sites is 1. The standard InChI is InChI=1S/C31H39N3O3/c1-37-21-24-10-7-15-32(24)16-17-33-18-19-34-28-20-23(31(35)36)13-14-25(28)29(22-8-3-2-4-9-22)30(34)26-11-5-6-12-27(26)33/h5-6,11-14,20,22,24H,2-4,7-10,15-19,21H2,1H3,(H,35,36)/t24-/m1/s1. The van der Waals surface area contributed by atoms with Crippen LogP contribution < -0.4 is 4.90 Å². The summed E-state index contributed by atoms with van der Waals surface area (Å²) in [6.45, 7) is 5.76. The normalized spacial score (nSPS) is 20.7. The van der Waals surface area contributed by atoms with Gasteiger partial charge in [-0.1, -0.05) is 43.5 Å². The van der Waals surface area contributed by atoms with E-state index in [1.54, 1.807) is 13.2 Å². The van der Waals surface area contributed by atoms with E-state index in [-0.39, 0.29) is 0 Å². The number of aromatic nitrogens is 1. The molecule has 2 aliphatic heterocycles. The predicted octanol–water partition coefficient (Wildman–Crippen LogP) is 5.99. The maximum Gasteiger partial charge on any atom is 0.335 e. The number of likely N-dealkylation sites (tertiary alicyclic amines) is 1. The molecule has 6 heteroatoms. The van der Waals surface area contributed by atoms with Gasteiger partial charge in [0.05, 0.1) is 17.9 Å².